The zero-order valence-electron chi connectivity index (χ0n) is 9.55. The van der Waals surface area contributed by atoms with E-state index in [2.05, 4.69) is 9.97 Å². The SMILES string of the molecule is CCc1nc(C2CSCCO2)ncc1C(=O)O. The number of hydrogen-bond donors (Lipinski definition) is 1. The highest BCUT2D eigenvalue weighted by Crippen LogP contribution is 2.24. The number of carboxylic acids is 1. The first-order valence-corrected chi connectivity index (χ1v) is 6.66. The Labute approximate surface area is 104 Å². The van der Waals surface area contributed by atoms with Gasteiger partial charge in [0.25, 0.3) is 0 Å². The topological polar surface area (TPSA) is 72.3 Å². The van der Waals surface area contributed by atoms with Crippen LogP contribution in [0.4, 0.5) is 0 Å². The van der Waals surface area contributed by atoms with Crippen molar-refractivity contribution in [2.75, 3.05) is 18.1 Å². The fraction of sp³-hybridized carbons (Fsp3) is 0.545. The second-order valence-corrected chi connectivity index (χ2v) is 4.83. The molecule has 1 aromatic heterocycles. The minimum absolute atomic E-state index is 0.109. The molecule has 0 saturated carbocycles. The van der Waals surface area contributed by atoms with Crippen molar-refractivity contribution in [2.24, 2.45) is 0 Å². The van der Waals surface area contributed by atoms with E-state index in [4.69, 9.17) is 9.84 Å². The van der Waals surface area contributed by atoms with E-state index in [0.29, 0.717) is 24.5 Å². The number of hydrogen-bond acceptors (Lipinski definition) is 5. The number of rotatable bonds is 3. The average molecular weight is 254 g/mol. The van der Waals surface area contributed by atoms with E-state index in [-0.39, 0.29) is 11.7 Å². The second-order valence-electron chi connectivity index (χ2n) is 3.68. The molecule has 2 heterocycles. The number of ether oxygens (including phenoxy) is 1. The molecule has 0 radical (unpaired) electrons. The second kappa shape index (κ2) is 5.46. The summed E-state index contributed by atoms with van der Waals surface area (Å²) in [6, 6.07) is 0. The number of aromatic nitrogens is 2. The van der Waals surface area contributed by atoms with Gasteiger partial charge in [-0.2, -0.15) is 11.8 Å². The van der Waals surface area contributed by atoms with Gasteiger partial charge in [-0.3, -0.25) is 0 Å². The number of carboxylic acid groups (broad SMARTS) is 1. The lowest BCUT2D eigenvalue weighted by Crippen LogP contribution is -2.19. The lowest BCUT2D eigenvalue weighted by molar-refractivity contribution is 0.0670. The number of thioether (sulfide) groups is 1. The van der Waals surface area contributed by atoms with Gasteiger partial charge in [-0.05, 0) is 6.42 Å². The molecule has 1 aliphatic rings. The third-order valence-electron chi connectivity index (χ3n) is 2.56. The Balaban J connectivity index is 2.27. The summed E-state index contributed by atoms with van der Waals surface area (Å²) in [4.78, 5) is 19.4. The molecule has 2 rings (SSSR count). The summed E-state index contributed by atoms with van der Waals surface area (Å²) in [7, 11) is 0. The van der Waals surface area contributed by atoms with Gasteiger partial charge in [0, 0.05) is 17.7 Å². The molecule has 1 atom stereocenters. The summed E-state index contributed by atoms with van der Waals surface area (Å²) in [5, 5.41) is 8.98. The van der Waals surface area contributed by atoms with Crippen molar-refractivity contribution < 1.29 is 14.6 Å². The van der Waals surface area contributed by atoms with E-state index in [9.17, 15) is 4.79 Å². The van der Waals surface area contributed by atoms with Gasteiger partial charge in [0.1, 0.15) is 6.10 Å². The third-order valence-corrected chi connectivity index (χ3v) is 3.55. The molecule has 0 amide bonds. The van der Waals surface area contributed by atoms with E-state index >= 15 is 0 Å². The highest BCUT2D eigenvalue weighted by Gasteiger charge is 2.21. The Morgan fingerprint density at radius 3 is 3.12 bits per heavy atom. The van der Waals surface area contributed by atoms with Crippen LogP contribution in [0.5, 0.6) is 0 Å². The van der Waals surface area contributed by atoms with Crippen LogP contribution in [0, 0.1) is 0 Å². The van der Waals surface area contributed by atoms with Gasteiger partial charge in [0.2, 0.25) is 0 Å². The smallest absolute Gasteiger partial charge is 0.339 e. The maximum Gasteiger partial charge on any atom is 0.339 e. The van der Waals surface area contributed by atoms with Crippen LogP contribution in [0.3, 0.4) is 0 Å². The van der Waals surface area contributed by atoms with Gasteiger partial charge < -0.3 is 9.84 Å². The molecule has 1 fully saturated rings. The van der Waals surface area contributed by atoms with Crippen LogP contribution < -0.4 is 0 Å². The van der Waals surface area contributed by atoms with Crippen molar-refractivity contribution >= 4 is 17.7 Å². The molecule has 1 aliphatic heterocycles. The predicted molar refractivity (Wildman–Crippen MR) is 64.4 cm³/mol. The molecule has 5 nitrogen and oxygen atoms in total. The summed E-state index contributed by atoms with van der Waals surface area (Å²) in [6.45, 7) is 2.58. The fourth-order valence-corrected chi connectivity index (χ4v) is 2.51. The van der Waals surface area contributed by atoms with Crippen LogP contribution in [0.15, 0.2) is 6.20 Å². The highest BCUT2D eigenvalue weighted by atomic mass is 32.2. The first kappa shape index (κ1) is 12.3. The Morgan fingerprint density at radius 1 is 1.71 bits per heavy atom. The molecular weight excluding hydrogens is 240 g/mol. The molecule has 92 valence electrons. The predicted octanol–water partition coefficient (Wildman–Crippen LogP) is 1.54. The van der Waals surface area contributed by atoms with Crippen LogP contribution in [0.25, 0.3) is 0 Å². The summed E-state index contributed by atoms with van der Waals surface area (Å²) in [6.07, 6.45) is 1.85. The minimum Gasteiger partial charge on any atom is -0.478 e. The van der Waals surface area contributed by atoms with E-state index in [1.54, 1.807) is 11.8 Å². The van der Waals surface area contributed by atoms with Gasteiger partial charge in [-0.25, -0.2) is 14.8 Å². The molecule has 1 unspecified atom stereocenters. The molecule has 0 spiro atoms. The third kappa shape index (κ3) is 2.76. The standard InChI is InChI=1S/C11H14N2O3S/c1-2-8-7(11(14)15)5-12-10(13-8)9-6-17-4-3-16-9/h5,9H,2-4,6H2,1H3,(H,14,15). The lowest BCUT2D eigenvalue weighted by Gasteiger charge is -2.21. The molecule has 6 heteroatoms. The zero-order valence-corrected chi connectivity index (χ0v) is 10.4. The molecule has 17 heavy (non-hydrogen) atoms. The molecule has 0 aliphatic carbocycles. The number of nitrogens with zero attached hydrogens (tertiary/aromatic N) is 2. The summed E-state index contributed by atoms with van der Waals surface area (Å²) >= 11 is 1.80. The van der Waals surface area contributed by atoms with Crippen molar-refractivity contribution in [3.63, 3.8) is 0 Å². The number of aromatic carboxylic acids is 1. The molecule has 0 aromatic carbocycles. The molecular formula is C11H14N2O3S. The van der Waals surface area contributed by atoms with Crippen LogP contribution in [-0.4, -0.2) is 39.2 Å². The van der Waals surface area contributed by atoms with Crippen LogP contribution in [0.1, 0.15) is 34.9 Å². The van der Waals surface area contributed by atoms with Crippen molar-refractivity contribution in [1.29, 1.82) is 0 Å². The quantitative estimate of drug-likeness (QED) is 0.882. The van der Waals surface area contributed by atoms with Gasteiger partial charge in [-0.1, -0.05) is 6.92 Å². The Kier molecular flexibility index (Phi) is 3.96. The Bertz CT molecular complexity index is 419. The first-order valence-electron chi connectivity index (χ1n) is 5.50. The average Bonchev–Trinajstić information content (AvgIpc) is 2.39. The van der Waals surface area contributed by atoms with Crippen LogP contribution in [-0.2, 0) is 11.2 Å². The molecule has 1 N–H and O–H groups in total. The Morgan fingerprint density at radius 2 is 2.53 bits per heavy atom. The highest BCUT2D eigenvalue weighted by molar-refractivity contribution is 7.99. The van der Waals surface area contributed by atoms with Gasteiger partial charge >= 0.3 is 5.97 Å². The van der Waals surface area contributed by atoms with E-state index in [1.807, 2.05) is 6.92 Å². The van der Waals surface area contributed by atoms with Gasteiger partial charge in [0.05, 0.1) is 17.9 Å². The maximum atomic E-state index is 11.0. The summed E-state index contributed by atoms with van der Waals surface area (Å²) < 4.78 is 5.57. The number of aryl methyl sites for hydroxylation is 1. The van der Waals surface area contributed by atoms with E-state index in [1.165, 1.54) is 6.20 Å². The van der Waals surface area contributed by atoms with Crippen molar-refractivity contribution in [3.8, 4) is 0 Å². The summed E-state index contributed by atoms with van der Waals surface area (Å²) in [5.74, 6) is 1.44. The van der Waals surface area contributed by atoms with Crippen molar-refractivity contribution in [2.45, 2.75) is 19.4 Å². The lowest BCUT2D eigenvalue weighted by atomic mass is 10.2. The monoisotopic (exact) mass is 254 g/mol. The van der Waals surface area contributed by atoms with Crippen molar-refractivity contribution in [3.05, 3.63) is 23.3 Å². The largest absolute Gasteiger partial charge is 0.478 e. The van der Waals surface area contributed by atoms with E-state index < -0.39 is 5.97 Å². The van der Waals surface area contributed by atoms with E-state index in [0.717, 1.165) is 11.5 Å². The number of carbonyl (C=O) groups is 1. The Hall–Kier alpha value is -1.14. The van der Waals surface area contributed by atoms with Gasteiger partial charge in [-0.15, -0.1) is 0 Å². The molecule has 1 aromatic rings. The minimum atomic E-state index is -0.979. The van der Waals surface area contributed by atoms with Crippen LogP contribution in [0.2, 0.25) is 0 Å². The molecule has 1 saturated heterocycles. The first-order chi connectivity index (χ1) is 8.22. The van der Waals surface area contributed by atoms with Crippen molar-refractivity contribution in [1.82, 2.24) is 9.97 Å². The normalized spacial score (nSPS) is 20.2. The van der Waals surface area contributed by atoms with Crippen LogP contribution >= 0.6 is 11.8 Å². The zero-order chi connectivity index (χ0) is 12.3. The summed E-state index contributed by atoms with van der Waals surface area (Å²) in [5.41, 5.74) is 0.751. The fourth-order valence-electron chi connectivity index (χ4n) is 1.67. The molecule has 0 bridgehead atoms. The van der Waals surface area contributed by atoms with Gasteiger partial charge in [0.15, 0.2) is 5.82 Å². The maximum absolute atomic E-state index is 11.0.